The zero-order valence-electron chi connectivity index (χ0n) is 12.8. The predicted octanol–water partition coefficient (Wildman–Crippen LogP) is 1.57. The summed E-state index contributed by atoms with van der Waals surface area (Å²) in [5.41, 5.74) is 0. The maximum absolute atomic E-state index is 5.89. The van der Waals surface area contributed by atoms with Crippen molar-refractivity contribution in [3.05, 3.63) is 5.89 Å². The molecule has 1 fully saturated rings. The minimum Gasteiger partial charge on any atom is -0.408 e. The fraction of sp³-hybridized carbons (Fsp3) is 0.857. The quantitative estimate of drug-likeness (QED) is 0.756. The van der Waals surface area contributed by atoms with E-state index in [9.17, 15) is 0 Å². The Bertz CT molecular complexity index is 386. The molecule has 6 nitrogen and oxygen atoms in total. The Morgan fingerprint density at radius 1 is 1.30 bits per heavy atom. The molecule has 1 saturated heterocycles. The van der Waals surface area contributed by atoms with Gasteiger partial charge in [0.15, 0.2) is 0 Å². The van der Waals surface area contributed by atoms with E-state index in [-0.39, 0.29) is 0 Å². The number of aryl methyl sites for hydroxylation is 1. The summed E-state index contributed by atoms with van der Waals surface area (Å²) in [6.45, 7) is 5.75. The van der Waals surface area contributed by atoms with Crippen LogP contribution in [-0.2, 0) is 11.2 Å². The van der Waals surface area contributed by atoms with Crippen molar-refractivity contribution in [1.82, 2.24) is 15.1 Å². The Morgan fingerprint density at radius 3 is 2.70 bits per heavy atom. The van der Waals surface area contributed by atoms with Crippen LogP contribution in [0.15, 0.2) is 4.42 Å². The number of piperidine rings is 1. The number of nitrogens with zero attached hydrogens (tertiary/aromatic N) is 4. The van der Waals surface area contributed by atoms with Crippen molar-refractivity contribution in [3.8, 4) is 0 Å². The van der Waals surface area contributed by atoms with Crippen LogP contribution in [0.4, 0.5) is 6.01 Å². The van der Waals surface area contributed by atoms with E-state index in [2.05, 4.69) is 41.0 Å². The summed E-state index contributed by atoms with van der Waals surface area (Å²) < 4.78 is 11.6. The van der Waals surface area contributed by atoms with Crippen LogP contribution in [0.1, 0.15) is 32.1 Å². The van der Waals surface area contributed by atoms with Crippen molar-refractivity contribution in [1.29, 1.82) is 0 Å². The van der Waals surface area contributed by atoms with Crippen LogP contribution < -0.4 is 4.90 Å². The molecule has 0 aliphatic carbocycles. The number of hydrogen-bond acceptors (Lipinski definition) is 6. The standard InChI is InChI=1S/C14H26N4O2/c1-4-5-13-15-16-14(20-13)18-8-6-12(7-9-18)19-11-10-17(2)3/h12H,4-11H2,1-3H3. The first kappa shape index (κ1) is 15.3. The smallest absolute Gasteiger partial charge is 0.318 e. The van der Waals surface area contributed by atoms with Crippen LogP contribution in [0.25, 0.3) is 0 Å². The summed E-state index contributed by atoms with van der Waals surface area (Å²) in [7, 11) is 4.13. The van der Waals surface area contributed by atoms with Crippen LogP contribution in [0, 0.1) is 0 Å². The normalized spacial score (nSPS) is 17.1. The van der Waals surface area contributed by atoms with Gasteiger partial charge in [0.2, 0.25) is 5.89 Å². The largest absolute Gasteiger partial charge is 0.408 e. The van der Waals surface area contributed by atoms with Crippen LogP contribution in [-0.4, -0.2) is 61.5 Å². The highest BCUT2D eigenvalue weighted by atomic mass is 16.5. The molecule has 0 bridgehead atoms. The van der Waals surface area contributed by atoms with Crippen LogP contribution >= 0.6 is 0 Å². The molecule has 0 saturated carbocycles. The number of rotatable bonds is 7. The summed E-state index contributed by atoms with van der Waals surface area (Å²) in [5, 5.41) is 8.20. The molecule has 0 amide bonds. The van der Waals surface area contributed by atoms with Gasteiger partial charge in [-0.25, -0.2) is 0 Å². The fourth-order valence-electron chi connectivity index (χ4n) is 2.30. The van der Waals surface area contributed by atoms with Gasteiger partial charge in [0.1, 0.15) is 0 Å². The third-order valence-corrected chi connectivity index (χ3v) is 3.52. The maximum atomic E-state index is 5.89. The molecule has 2 rings (SSSR count). The third-order valence-electron chi connectivity index (χ3n) is 3.52. The summed E-state index contributed by atoms with van der Waals surface area (Å²) in [4.78, 5) is 4.31. The molecule has 0 spiro atoms. The van der Waals surface area contributed by atoms with Crippen molar-refractivity contribution in [2.45, 2.75) is 38.7 Å². The highest BCUT2D eigenvalue weighted by Gasteiger charge is 2.23. The van der Waals surface area contributed by atoms with Gasteiger partial charge < -0.3 is 19.0 Å². The van der Waals surface area contributed by atoms with Gasteiger partial charge in [-0.1, -0.05) is 12.0 Å². The van der Waals surface area contributed by atoms with E-state index >= 15 is 0 Å². The van der Waals surface area contributed by atoms with Gasteiger partial charge in [0.05, 0.1) is 12.7 Å². The fourth-order valence-corrected chi connectivity index (χ4v) is 2.30. The molecule has 0 N–H and O–H groups in total. The Labute approximate surface area is 121 Å². The van der Waals surface area contributed by atoms with Gasteiger partial charge in [-0.2, -0.15) is 0 Å². The molecule has 20 heavy (non-hydrogen) atoms. The molecule has 2 heterocycles. The number of hydrogen-bond donors (Lipinski definition) is 0. The summed E-state index contributed by atoms with van der Waals surface area (Å²) >= 11 is 0. The van der Waals surface area contributed by atoms with Gasteiger partial charge in [-0.15, -0.1) is 5.10 Å². The van der Waals surface area contributed by atoms with Gasteiger partial charge in [0, 0.05) is 26.1 Å². The van der Waals surface area contributed by atoms with Crippen molar-refractivity contribution < 1.29 is 9.15 Å². The van der Waals surface area contributed by atoms with Crippen molar-refractivity contribution in [2.75, 3.05) is 45.2 Å². The second kappa shape index (κ2) is 7.59. The number of ether oxygens (including phenoxy) is 1. The second-order valence-corrected chi connectivity index (χ2v) is 5.59. The molecule has 0 atom stereocenters. The van der Waals surface area contributed by atoms with Crippen molar-refractivity contribution in [3.63, 3.8) is 0 Å². The molecule has 114 valence electrons. The molecule has 0 radical (unpaired) electrons. The first-order valence-electron chi connectivity index (χ1n) is 7.52. The lowest BCUT2D eigenvalue weighted by molar-refractivity contribution is 0.0289. The number of anilines is 1. The molecule has 1 aromatic rings. The van der Waals surface area contributed by atoms with Crippen LogP contribution in [0.2, 0.25) is 0 Å². The lowest BCUT2D eigenvalue weighted by Crippen LogP contribution is -2.38. The monoisotopic (exact) mass is 282 g/mol. The molecule has 6 heteroatoms. The predicted molar refractivity (Wildman–Crippen MR) is 78.0 cm³/mol. The Morgan fingerprint density at radius 2 is 2.05 bits per heavy atom. The average Bonchev–Trinajstić information content (AvgIpc) is 2.88. The highest BCUT2D eigenvalue weighted by Crippen LogP contribution is 2.20. The molecule has 0 unspecified atom stereocenters. The van der Waals surface area contributed by atoms with E-state index in [1.165, 1.54) is 0 Å². The average molecular weight is 282 g/mol. The minimum atomic E-state index is 0.365. The summed E-state index contributed by atoms with van der Waals surface area (Å²) in [6.07, 6.45) is 4.31. The molecule has 1 aromatic heterocycles. The molecule has 0 aromatic carbocycles. The van der Waals surface area contributed by atoms with Gasteiger partial charge in [-0.05, 0) is 33.4 Å². The SMILES string of the molecule is CCCc1nnc(N2CCC(OCCN(C)C)CC2)o1. The van der Waals surface area contributed by atoms with E-state index in [1.807, 2.05) is 0 Å². The summed E-state index contributed by atoms with van der Waals surface area (Å²) in [6, 6.07) is 0.667. The van der Waals surface area contributed by atoms with E-state index in [0.29, 0.717) is 12.1 Å². The zero-order valence-corrected chi connectivity index (χ0v) is 12.8. The summed E-state index contributed by atoms with van der Waals surface area (Å²) in [5.74, 6) is 0.742. The van der Waals surface area contributed by atoms with Crippen molar-refractivity contribution >= 4 is 6.01 Å². The van der Waals surface area contributed by atoms with Crippen LogP contribution in [0.5, 0.6) is 0 Å². The Hall–Kier alpha value is -1.14. The van der Waals surface area contributed by atoms with Gasteiger partial charge in [0.25, 0.3) is 0 Å². The Kier molecular flexibility index (Phi) is 5.79. The zero-order chi connectivity index (χ0) is 14.4. The van der Waals surface area contributed by atoms with Crippen molar-refractivity contribution in [2.24, 2.45) is 0 Å². The van der Waals surface area contributed by atoms with Gasteiger partial charge in [-0.3, -0.25) is 0 Å². The second-order valence-electron chi connectivity index (χ2n) is 5.59. The van der Waals surface area contributed by atoms with E-state index in [1.54, 1.807) is 0 Å². The van der Waals surface area contributed by atoms with E-state index in [0.717, 1.165) is 57.8 Å². The molecular weight excluding hydrogens is 256 g/mol. The minimum absolute atomic E-state index is 0.365. The van der Waals surface area contributed by atoms with Crippen LogP contribution in [0.3, 0.4) is 0 Å². The molecule has 1 aliphatic heterocycles. The lowest BCUT2D eigenvalue weighted by Gasteiger charge is -2.30. The van der Waals surface area contributed by atoms with Gasteiger partial charge >= 0.3 is 6.01 Å². The first-order chi connectivity index (χ1) is 9.69. The Balaban J connectivity index is 1.73. The number of aromatic nitrogens is 2. The number of likely N-dealkylation sites (N-methyl/N-ethyl adjacent to an activating group) is 1. The first-order valence-corrected chi connectivity index (χ1v) is 7.52. The van der Waals surface area contributed by atoms with E-state index in [4.69, 9.17) is 9.15 Å². The van der Waals surface area contributed by atoms with E-state index < -0.39 is 0 Å². The molecule has 1 aliphatic rings. The lowest BCUT2D eigenvalue weighted by atomic mass is 10.1. The maximum Gasteiger partial charge on any atom is 0.318 e. The molecular formula is C14H26N4O2. The highest BCUT2D eigenvalue weighted by molar-refractivity contribution is 5.24. The topological polar surface area (TPSA) is 54.6 Å². The third kappa shape index (κ3) is 4.45.